The molecule has 4 nitrogen and oxygen atoms in total. The van der Waals surface area contributed by atoms with Gasteiger partial charge in [-0.05, 0) is 46.6 Å². The van der Waals surface area contributed by atoms with E-state index in [-0.39, 0.29) is 11.9 Å². The number of hydrogen-bond donors (Lipinski definition) is 1. The summed E-state index contributed by atoms with van der Waals surface area (Å²) in [6.07, 6.45) is 3.30. The molecule has 1 atom stereocenters. The molecule has 1 aromatic heterocycles. The van der Waals surface area contributed by atoms with Crippen molar-refractivity contribution >= 4 is 15.9 Å². The molecule has 2 aromatic rings. The number of nitrogens with zero attached hydrogens (tertiary/aromatic N) is 3. The van der Waals surface area contributed by atoms with Gasteiger partial charge >= 0.3 is 0 Å². The van der Waals surface area contributed by atoms with Gasteiger partial charge in [0.2, 0.25) is 0 Å². The minimum Gasteiger partial charge on any atom is -0.310 e. The van der Waals surface area contributed by atoms with Crippen LogP contribution in [0.3, 0.4) is 0 Å². The molecule has 6 heteroatoms. The summed E-state index contributed by atoms with van der Waals surface area (Å²) in [6, 6.07) is 5.20. The van der Waals surface area contributed by atoms with E-state index < -0.39 is 0 Å². The van der Waals surface area contributed by atoms with Gasteiger partial charge in [0.15, 0.2) is 0 Å². The van der Waals surface area contributed by atoms with Crippen molar-refractivity contribution < 1.29 is 4.39 Å². The van der Waals surface area contributed by atoms with Crippen LogP contribution in [0.25, 0.3) is 0 Å². The van der Waals surface area contributed by atoms with E-state index in [2.05, 4.69) is 38.3 Å². The standard InChI is InChI=1S/C14H18BrFN4/c1-3-6-17-13(8-14-18-9-19-20(14)2)10-4-5-12(16)11(15)7-10/h4-5,7,9,13,17H,3,6,8H2,1-2H3. The van der Waals surface area contributed by atoms with E-state index >= 15 is 0 Å². The third-order valence-electron chi connectivity index (χ3n) is 3.18. The number of hydrogen-bond acceptors (Lipinski definition) is 3. The third-order valence-corrected chi connectivity index (χ3v) is 3.79. The number of rotatable bonds is 6. The zero-order chi connectivity index (χ0) is 14.5. The average molecular weight is 341 g/mol. The minimum absolute atomic E-state index is 0.0924. The van der Waals surface area contributed by atoms with Crippen LogP contribution in [0, 0.1) is 5.82 Å². The van der Waals surface area contributed by atoms with E-state index in [4.69, 9.17) is 0 Å². The van der Waals surface area contributed by atoms with Gasteiger partial charge in [0, 0.05) is 19.5 Å². The van der Waals surface area contributed by atoms with E-state index in [0.29, 0.717) is 10.9 Å². The van der Waals surface area contributed by atoms with Crippen molar-refractivity contribution in [1.29, 1.82) is 0 Å². The summed E-state index contributed by atoms with van der Waals surface area (Å²) in [7, 11) is 1.87. The van der Waals surface area contributed by atoms with Crippen LogP contribution >= 0.6 is 15.9 Å². The van der Waals surface area contributed by atoms with Crippen molar-refractivity contribution in [2.75, 3.05) is 6.54 Å². The second-order valence-electron chi connectivity index (χ2n) is 4.68. The highest BCUT2D eigenvalue weighted by Crippen LogP contribution is 2.23. The molecule has 0 aliphatic rings. The molecule has 1 heterocycles. The average Bonchev–Trinajstić information content (AvgIpc) is 2.83. The molecule has 0 radical (unpaired) electrons. The van der Waals surface area contributed by atoms with Crippen LogP contribution in [0.5, 0.6) is 0 Å². The fourth-order valence-corrected chi connectivity index (χ4v) is 2.44. The molecule has 0 saturated carbocycles. The molecule has 2 rings (SSSR count). The molecule has 1 N–H and O–H groups in total. The summed E-state index contributed by atoms with van der Waals surface area (Å²) in [4.78, 5) is 4.26. The Morgan fingerprint density at radius 1 is 1.45 bits per heavy atom. The summed E-state index contributed by atoms with van der Waals surface area (Å²) in [6.45, 7) is 3.02. The van der Waals surface area contributed by atoms with Crippen LogP contribution < -0.4 is 5.32 Å². The second kappa shape index (κ2) is 6.95. The SMILES string of the molecule is CCCNC(Cc1ncnn1C)c1ccc(F)c(Br)c1. The van der Waals surface area contributed by atoms with E-state index in [9.17, 15) is 4.39 Å². The third kappa shape index (κ3) is 3.64. The van der Waals surface area contributed by atoms with Crippen molar-refractivity contribution in [1.82, 2.24) is 20.1 Å². The topological polar surface area (TPSA) is 42.7 Å². The quantitative estimate of drug-likeness (QED) is 0.878. The zero-order valence-electron chi connectivity index (χ0n) is 11.6. The lowest BCUT2D eigenvalue weighted by Gasteiger charge is -2.19. The van der Waals surface area contributed by atoms with Gasteiger partial charge in [0.1, 0.15) is 18.0 Å². The Balaban J connectivity index is 2.22. The number of halogens is 2. The van der Waals surface area contributed by atoms with Gasteiger partial charge in [-0.15, -0.1) is 0 Å². The molecular formula is C14H18BrFN4. The summed E-state index contributed by atoms with van der Waals surface area (Å²) < 4.78 is 15.6. The van der Waals surface area contributed by atoms with Crippen LogP contribution in [-0.4, -0.2) is 21.3 Å². The molecule has 0 amide bonds. The molecule has 0 aliphatic heterocycles. The number of benzene rings is 1. The fraction of sp³-hybridized carbons (Fsp3) is 0.429. The monoisotopic (exact) mass is 340 g/mol. The Kier molecular flexibility index (Phi) is 5.25. The molecule has 0 fully saturated rings. The highest BCUT2D eigenvalue weighted by Gasteiger charge is 2.15. The first kappa shape index (κ1) is 15.1. The first-order chi connectivity index (χ1) is 9.61. The Morgan fingerprint density at radius 3 is 2.85 bits per heavy atom. The van der Waals surface area contributed by atoms with E-state index in [1.807, 2.05) is 19.2 Å². The Labute approximate surface area is 126 Å². The molecule has 1 aromatic carbocycles. The van der Waals surface area contributed by atoms with E-state index in [1.54, 1.807) is 11.0 Å². The van der Waals surface area contributed by atoms with E-state index in [0.717, 1.165) is 24.4 Å². The number of aryl methyl sites for hydroxylation is 1. The maximum Gasteiger partial charge on any atom is 0.138 e. The Bertz CT molecular complexity index is 570. The lowest BCUT2D eigenvalue weighted by atomic mass is 10.0. The van der Waals surface area contributed by atoms with Gasteiger partial charge in [-0.1, -0.05) is 13.0 Å². The highest BCUT2D eigenvalue weighted by molar-refractivity contribution is 9.10. The molecule has 1 unspecified atom stereocenters. The van der Waals surface area contributed by atoms with Gasteiger partial charge in [0.05, 0.1) is 4.47 Å². The van der Waals surface area contributed by atoms with Crippen molar-refractivity contribution in [3.05, 3.63) is 46.2 Å². The predicted molar refractivity (Wildman–Crippen MR) is 79.8 cm³/mol. The van der Waals surface area contributed by atoms with Gasteiger partial charge in [-0.2, -0.15) is 5.10 Å². The van der Waals surface area contributed by atoms with Crippen molar-refractivity contribution in [3.8, 4) is 0 Å². The summed E-state index contributed by atoms with van der Waals surface area (Å²) >= 11 is 3.24. The Hall–Kier alpha value is -1.27. The maximum atomic E-state index is 13.4. The van der Waals surface area contributed by atoms with Gasteiger partial charge < -0.3 is 5.32 Å². The lowest BCUT2D eigenvalue weighted by Crippen LogP contribution is -2.25. The molecule has 0 bridgehead atoms. The number of nitrogens with one attached hydrogen (secondary N) is 1. The van der Waals surface area contributed by atoms with E-state index in [1.165, 1.54) is 6.07 Å². The normalized spacial score (nSPS) is 12.6. The lowest BCUT2D eigenvalue weighted by molar-refractivity contribution is 0.505. The highest BCUT2D eigenvalue weighted by atomic mass is 79.9. The summed E-state index contributed by atoms with van der Waals surface area (Å²) in [5.41, 5.74) is 1.04. The minimum atomic E-state index is -0.248. The summed E-state index contributed by atoms with van der Waals surface area (Å²) in [5.74, 6) is 0.653. The summed E-state index contributed by atoms with van der Waals surface area (Å²) in [5, 5.41) is 7.56. The Morgan fingerprint density at radius 2 is 2.25 bits per heavy atom. The first-order valence-electron chi connectivity index (χ1n) is 6.63. The maximum absolute atomic E-state index is 13.4. The molecule has 0 saturated heterocycles. The van der Waals surface area contributed by atoms with Crippen LogP contribution in [0.15, 0.2) is 29.0 Å². The van der Waals surface area contributed by atoms with Gasteiger partial charge in [0.25, 0.3) is 0 Å². The molecule has 108 valence electrons. The molecular weight excluding hydrogens is 323 g/mol. The first-order valence-corrected chi connectivity index (χ1v) is 7.42. The second-order valence-corrected chi connectivity index (χ2v) is 5.54. The smallest absolute Gasteiger partial charge is 0.138 e. The fourth-order valence-electron chi connectivity index (χ4n) is 2.04. The van der Waals surface area contributed by atoms with Gasteiger partial charge in [-0.25, -0.2) is 9.37 Å². The van der Waals surface area contributed by atoms with Crippen molar-refractivity contribution in [3.63, 3.8) is 0 Å². The molecule has 0 aliphatic carbocycles. The number of aromatic nitrogens is 3. The van der Waals surface area contributed by atoms with Crippen molar-refractivity contribution in [2.24, 2.45) is 7.05 Å². The molecule has 0 spiro atoms. The van der Waals surface area contributed by atoms with Crippen LogP contribution in [0.2, 0.25) is 0 Å². The van der Waals surface area contributed by atoms with Gasteiger partial charge in [-0.3, -0.25) is 4.68 Å². The zero-order valence-corrected chi connectivity index (χ0v) is 13.2. The van der Waals surface area contributed by atoms with Crippen LogP contribution in [-0.2, 0) is 13.5 Å². The van der Waals surface area contributed by atoms with Crippen LogP contribution in [0.4, 0.5) is 4.39 Å². The molecule has 20 heavy (non-hydrogen) atoms. The predicted octanol–water partition coefficient (Wildman–Crippen LogP) is 3.00. The van der Waals surface area contributed by atoms with Crippen molar-refractivity contribution in [2.45, 2.75) is 25.8 Å². The van der Waals surface area contributed by atoms with Crippen LogP contribution in [0.1, 0.15) is 30.8 Å². The largest absolute Gasteiger partial charge is 0.310 e.